The highest BCUT2D eigenvalue weighted by molar-refractivity contribution is 8.00. The van der Waals surface area contributed by atoms with Crippen LogP contribution in [0.15, 0.2) is 0 Å². The molecule has 2 atom stereocenters. The van der Waals surface area contributed by atoms with Gasteiger partial charge in [-0.15, -0.1) is 0 Å². The minimum absolute atomic E-state index is 0.0731. The molecule has 3 N–H and O–H groups in total. The van der Waals surface area contributed by atoms with E-state index in [2.05, 4.69) is 20.8 Å². The highest BCUT2D eigenvalue weighted by Gasteiger charge is 2.29. The summed E-state index contributed by atoms with van der Waals surface area (Å²) in [7, 11) is 0. The Hall–Kier alpha value is 0.270. The Labute approximate surface area is 104 Å². The largest absolute Gasteiger partial charge is 0.395 e. The molecule has 2 unspecified atom stereocenters. The number of hydrogen-bond acceptors (Lipinski definition) is 3. The first-order valence-electron chi connectivity index (χ1n) is 6.43. The molecule has 0 spiro atoms. The van der Waals surface area contributed by atoms with Crippen LogP contribution in [-0.2, 0) is 0 Å². The third-order valence-electron chi connectivity index (χ3n) is 3.60. The fourth-order valence-corrected chi connectivity index (χ4v) is 3.84. The molecule has 0 aromatic rings. The zero-order valence-electron chi connectivity index (χ0n) is 10.9. The number of thioether (sulfide) groups is 1. The van der Waals surface area contributed by atoms with Crippen LogP contribution in [0.25, 0.3) is 0 Å². The molecule has 0 amide bonds. The summed E-state index contributed by atoms with van der Waals surface area (Å²) in [6, 6.07) is 0.0731. The topological polar surface area (TPSA) is 46.2 Å². The average molecular weight is 245 g/mol. The van der Waals surface area contributed by atoms with Crippen LogP contribution in [0.1, 0.15) is 46.5 Å². The molecule has 1 aliphatic carbocycles. The number of aliphatic hydroxyl groups excluding tert-OH is 1. The molecule has 1 saturated carbocycles. The Balaban J connectivity index is 2.36. The SMILES string of the molecule is CC(C)(C)C(N)C(CO)SCC1CCCC1. The van der Waals surface area contributed by atoms with Gasteiger partial charge in [0.25, 0.3) is 0 Å². The van der Waals surface area contributed by atoms with Gasteiger partial charge in [0.05, 0.1) is 6.61 Å². The molecule has 0 aliphatic heterocycles. The van der Waals surface area contributed by atoms with Gasteiger partial charge in [0.15, 0.2) is 0 Å². The maximum Gasteiger partial charge on any atom is 0.0565 e. The van der Waals surface area contributed by atoms with E-state index in [0.29, 0.717) is 0 Å². The Morgan fingerprint density at radius 1 is 1.31 bits per heavy atom. The molecule has 0 aromatic carbocycles. The second-order valence-electron chi connectivity index (χ2n) is 6.10. The summed E-state index contributed by atoms with van der Waals surface area (Å²) < 4.78 is 0. The Morgan fingerprint density at radius 2 is 1.88 bits per heavy atom. The summed E-state index contributed by atoms with van der Waals surface area (Å²) in [5.74, 6) is 2.04. The van der Waals surface area contributed by atoms with Crippen molar-refractivity contribution in [1.29, 1.82) is 0 Å². The monoisotopic (exact) mass is 245 g/mol. The smallest absolute Gasteiger partial charge is 0.0565 e. The molecule has 16 heavy (non-hydrogen) atoms. The van der Waals surface area contributed by atoms with E-state index in [9.17, 15) is 5.11 Å². The van der Waals surface area contributed by atoms with Gasteiger partial charge in [-0.1, -0.05) is 33.6 Å². The fourth-order valence-electron chi connectivity index (χ4n) is 2.26. The standard InChI is InChI=1S/C13H27NOS/c1-13(2,3)12(14)11(8-15)16-9-10-6-4-5-7-10/h10-12,15H,4-9,14H2,1-3H3. The van der Waals surface area contributed by atoms with Crippen molar-refractivity contribution in [1.82, 2.24) is 0 Å². The van der Waals surface area contributed by atoms with Crippen LogP contribution in [0.5, 0.6) is 0 Å². The molecular weight excluding hydrogens is 218 g/mol. The van der Waals surface area contributed by atoms with Crippen LogP contribution in [0.3, 0.4) is 0 Å². The molecule has 3 heteroatoms. The van der Waals surface area contributed by atoms with Gasteiger partial charge < -0.3 is 10.8 Å². The summed E-state index contributed by atoms with van der Waals surface area (Å²) >= 11 is 1.88. The molecule has 1 fully saturated rings. The molecule has 2 nitrogen and oxygen atoms in total. The van der Waals surface area contributed by atoms with Crippen molar-refractivity contribution in [3.8, 4) is 0 Å². The minimum atomic E-state index is 0.0731. The van der Waals surface area contributed by atoms with Crippen LogP contribution >= 0.6 is 11.8 Å². The minimum Gasteiger partial charge on any atom is -0.395 e. The zero-order valence-corrected chi connectivity index (χ0v) is 11.7. The molecule has 0 heterocycles. The van der Waals surface area contributed by atoms with Gasteiger partial charge in [0.1, 0.15) is 0 Å². The van der Waals surface area contributed by atoms with Gasteiger partial charge in [0, 0.05) is 11.3 Å². The molecule has 0 radical (unpaired) electrons. The summed E-state index contributed by atoms with van der Waals surface area (Å²) in [6.45, 7) is 6.65. The fraction of sp³-hybridized carbons (Fsp3) is 1.00. The maximum absolute atomic E-state index is 9.43. The summed E-state index contributed by atoms with van der Waals surface area (Å²) in [5, 5.41) is 9.63. The van der Waals surface area contributed by atoms with Gasteiger partial charge in [-0.2, -0.15) is 11.8 Å². The lowest BCUT2D eigenvalue weighted by Gasteiger charge is -2.33. The first-order valence-corrected chi connectivity index (χ1v) is 7.48. The lowest BCUT2D eigenvalue weighted by Crippen LogP contribution is -2.45. The third kappa shape index (κ3) is 4.27. The van der Waals surface area contributed by atoms with Crippen LogP contribution in [-0.4, -0.2) is 28.8 Å². The van der Waals surface area contributed by atoms with Gasteiger partial charge in [-0.3, -0.25) is 0 Å². The maximum atomic E-state index is 9.43. The van der Waals surface area contributed by atoms with E-state index in [1.54, 1.807) is 0 Å². The predicted molar refractivity (Wildman–Crippen MR) is 72.7 cm³/mol. The van der Waals surface area contributed by atoms with Crippen LogP contribution in [0.2, 0.25) is 0 Å². The molecule has 96 valence electrons. The van der Waals surface area contributed by atoms with Gasteiger partial charge in [-0.05, 0) is 29.9 Å². The molecule has 1 aliphatic rings. The third-order valence-corrected chi connectivity index (χ3v) is 5.14. The van der Waals surface area contributed by atoms with E-state index in [-0.39, 0.29) is 23.3 Å². The van der Waals surface area contributed by atoms with Crippen molar-refractivity contribution in [2.24, 2.45) is 17.1 Å². The van der Waals surface area contributed by atoms with Crippen molar-refractivity contribution in [2.75, 3.05) is 12.4 Å². The van der Waals surface area contributed by atoms with Crippen molar-refractivity contribution in [2.45, 2.75) is 57.7 Å². The van der Waals surface area contributed by atoms with Crippen LogP contribution < -0.4 is 5.73 Å². The van der Waals surface area contributed by atoms with E-state index < -0.39 is 0 Å². The Morgan fingerprint density at radius 3 is 2.31 bits per heavy atom. The van der Waals surface area contributed by atoms with Gasteiger partial charge in [0.2, 0.25) is 0 Å². The molecule has 0 aromatic heterocycles. The molecule has 0 bridgehead atoms. The number of hydrogen-bond donors (Lipinski definition) is 2. The highest BCUT2D eigenvalue weighted by Crippen LogP contribution is 2.32. The second-order valence-corrected chi connectivity index (χ2v) is 7.37. The van der Waals surface area contributed by atoms with Crippen molar-refractivity contribution in [3.05, 3.63) is 0 Å². The Kier molecular flexibility index (Phi) is 5.62. The lowest BCUT2D eigenvalue weighted by molar-refractivity contribution is 0.233. The normalized spacial score (nSPS) is 22.3. The van der Waals surface area contributed by atoms with E-state index >= 15 is 0 Å². The summed E-state index contributed by atoms with van der Waals surface area (Å²) in [6.07, 6.45) is 5.52. The number of aliphatic hydroxyl groups is 1. The van der Waals surface area contributed by atoms with Crippen molar-refractivity contribution in [3.63, 3.8) is 0 Å². The van der Waals surface area contributed by atoms with Gasteiger partial charge in [-0.25, -0.2) is 0 Å². The molecule has 0 saturated heterocycles. The zero-order chi connectivity index (χ0) is 12.2. The van der Waals surface area contributed by atoms with Crippen LogP contribution in [0.4, 0.5) is 0 Å². The Bertz CT molecular complexity index is 197. The van der Waals surface area contributed by atoms with Crippen molar-refractivity contribution < 1.29 is 5.11 Å². The lowest BCUT2D eigenvalue weighted by atomic mass is 9.85. The molecule has 1 rings (SSSR count). The van der Waals surface area contributed by atoms with E-state index in [1.165, 1.54) is 31.4 Å². The summed E-state index contributed by atoms with van der Waals surface area (Å²) in [4.78, 5) is 0. The highest BCUT2D eigenvalue weighted by atomic mass is 32.2. The first kappa shape index (κ1) is 14.3. The first-order chi connectivity index (χ1) is 7.45. The second kappa shape index (κ2) is 6.27. The number of nitrogens with two attached hydrogens (primary N) is 1. The van der Waals surface area contributed by atoms with E-state index in [0.717, 1.165) is 5.92 Å². The van der Waals surface area contributed by atoms with Crippen LogP contribution in [0, 0.1) is 11.3 Å². The molecular formula is C13H27NOS. The van der Waals surface area contributed by atoms with Gasteiger partial charge >= 0.3 is 0 Å². The average Bonchev–Trinajstić information content (AvgIpc) is 2.69. The summed E-state index contributed by atoms with van der Waals surface area (Å²) in [5.41, 5.74) is 6.29. The quantitative estimate of drug-likeness (QED) is 0.783. The number of rotatable bonds is 5. The van der Waals surface area contributed by atoms with Crippen molar-refractivity contribution >= 4 is 11.8 Å². The van der Waals surface area contributed by atoms with E-state index in [1.807, 2.05) is 11.8 Å². The van der Waals surface area contributed by atoms with E-state index in [4.69, 9.17) is 5.73 Å². The predicted octanol–water partition coefficient (Wildman–Crippen LogP) is 2.64.